The molecule has 1 fully saturated rings. The molecule has 128 valence electrons. The van der Waals surface area contributed by atoms with Crippen molar-refractivity contribution in [2.24, 2.45) is 5.92 Å². The molecule has 2 aliphatic heterocycles. The lowest BCUT2D eigenvalue weighted by atomic mass is 9.97. The van der Waals surface area contributed by atoms with Crippen LogP contribution in [-0.4, -0.2) is 29.7 Å². The first-order chi connectivity index (χ1) is 11.8. The summed E-state index contributed by atoms with van der Waals surface area (Å²) in [5.41, 5.74) is 2.32. The number of nitrogens with zero attached hydrogens (tertiary/aromatic N) is 2. The largest absolute Gasteiger partial charge is 0.454 e. The van der Waals surface area contributed by atoms with Gasteiger partial charge in [0.15, 0.2) is 11.5 Å². The first-order valence-corrected chi connectivity index (χ1v) is 8.57. The van der Waals surface area contributed by atoms with Gasteiger partial charge in [0, 0.05) is 49.5 Å². The van der Waals surface area contributed by atoms with Gasteiger partial charge in [0.25, 0.3) is 0 Å². The van der Waals surface area contributed by atoms with Gasteiger partial charge in [-0.15, -0.1) is 0 Å². The Kier molecular flexibility index (Phi) is 4.40. The average molecular weight is 329 g/mol. The maximum absolute atomic E-state index is 5.95. The highest BCUT2D eigenvalue weighted by molar-refractivity contribution is 5.48. The Morgan fingerprint density at radius 3 is 3.17 bits per heavy atom. The van der Waals surface area contributed by atoms with E-state index in [9.17, 15) is 0 Å². The van der Waals surface area contributed by atoms with E-state index in [1.165, 1.54) is 5.56 Å². The van der Waals surface area contributed by atoms with Crippen molar-refractivity contribution in [3.63, 3.8) is 0 Å². The molecule has 1 aromatic carbocycles. The monoisotopic (exact) mass is 329 g/mol. The standard InChI is InChI=1S/C18H23N3O3/c1-2-21-11-15(10-20-21)17-14(6-7-22-17)9-19-8-13-4-3-5-16-18(13)24-12-23-16/h3-5,10-11,14,17,19H,2,6-9,12H2,1H3. The van der Waals surface area contributed by atoms with Gasteiger partial charge in [-0.3, -0.25) is 4.68 Å². The molecule has 3 heterocycles. The summed E-state index contributed by atoms with van der Waals surface area (Å²) in [5, 5.41) is 7.92. The van der Waals surface area contributed by atoms with Crippen molar-refractivity contribution < 1.29 is 14.2 Å². The number of aromatic nitrogens is 2. The lowest BCUT2D eigenvalue weighted by Crippen LogP contribution is -2.24. The van der Waals surface area contributed by atoms with Crippen LogP contribution in [0.5, 0.6) is 11.5 Å². The molecule has 2 atom stereocenters. The normalized spacial score (nSPS) is 22.2. The van der Waals surface area contributed by atoms with Crippen molar-refractivity contribution in [3.8, 4) is 11.5 Å². The molecule has 2 unspecified atom stereocenters. The van der Waals surface area contributed by atoms with Crippen molar-refractivity contribution in [3.05, 3.63) is 41.7 Å². The zero-order valence-corrected chi connectivity index (χ0v) is 13.9. The number of hydrogen-bond acceptors (Lipinski definition) is 5. The van der Waals surface area contributed by atoms with E-state index in [-0.39, 0.29) is 6.10 Å². The molecule has 0 amide bonds. The molecule has 0 aliphatic carbocycles. The van der Waals surface area contributed by atoms with E-state index in [2.05, 4.69) is 29.6 Å². The van der Waals surface area contributed by atoms with E-state index in [4.69, 9.17) is 14.2 Å². The topological polar surface area (TPSA) is 57.5 Å². The number of fused-ring (bicyclic) bond motifs is 1. The molecule has 1 aromatic heterocycles. The molecule has 4 rings (SSSR count). The smallest absolute Gasteiger partial charge is 0.231 e. The number of para-hydroxylation sites is 1. The van der Waals surface area contributed by atoms with Crippen LogP contribution in [-0.2, 0) is 17.8 Å². The highest BCUT2D eigenvalue weighted by Crippen LogP contribution is 2.36. The van der Waals surface area contributed by atoms with Crippen LogP contribution in [0.25, 0.3) is 0 Å². The maximum atomic E-state index is 5.95. The maximum Gasteiger partial charge on any atom is 0.231 e. The molecule has 0 spiro atoms. The zero-order chi connectivity index (χ0) is 16.4. The Labute approximate surface area is 141 Å². The third-order valence-electron chi connectivity index (χ3n) is 4.72. The minimum absolute atomic E-state index is 0.138. The van der Waals surface area contributed by atoms with Crippen molar-refractivity contribution in [2.45, 2.75) is 32.5 Å². The Morgan fingerprint density at radius 1 is 1.33 bits per heavy atom. The summed E-state index contributed by atoms with van der Waals surface area (Å²) in [4.78, 5) is 0. The van der Waals surface area contributed by atoms with Crippen LogP contribution in [0, 0.1) is 5.92 Å². The molecular formula is C18H23N3O3. The number of ether oxygens (including phenoxy) is 3. The van der Waals surface area contributed by atoms with Crippen LogP contribution in [0.3, 0.4) is 0 Å². The van der Waals surface area contributed by atoms with E-state index >= 15 is 0 Å². The van der Waals surface area contributed by atoms with Gasteiger partial charge >= 0.3 is 0 Å². The second kappa shape index (κ2) is 6.83. The average Bonchev–Trinajstić information content (AvgIpc) is 3.34. The summed E-state index contributed by atoms with van der Waals surface area (Å²) in [5.74, 6) is 2.17. The fraction of sp³-hybridized carbons (Fsp3) is 0.500. The predicted molar refractivity (Wildman–Crippen MR) is 89.0 cm³/mol. The van der Waals surface area contributed by atoms with E-state index in [1.807, 2.05) is 23.0 Å². The van der Waals surface area contributed by atoms with Crippen LogP contribution in [0.1, 0.15) is 30.6 Å². The van der Waals surface area contributed by atoms with Gasteiger partial charge in [0.05, 0.1) is 12.3 Å². The molecule has 0 bridgehead atoms. The van der Waals surface area contributed by atoms with Crippen molar-refractivity contribution in [1.82, 2.24) is 15.1 Å². The van der Waals surface area contributed by atoms with Crippen molar-refractivity contribution >= 4 is 0 Å². The van der Waals surface area contributed by atoms with E-state index < -0.39 is 0 Å². The molecular weight excluding hydrogens is 306 g/mol. The summed E-state index contributed by atoms with van der Waals surface area (Å²) in [6.07, 6.45) is 5.24. The van der Waals surface area contributed by atoms with Crippen LogP contribution < -0.4 is 14.8 Å². The Morgan fingerprint density at radius 2 is 2.29 bits per heavy atom. The number of benzene rings is 1. The van der Waals surface area contributed by atoms with Gasteiger partial charge in [-0.1, -0.05) is 12.1 Å². The Balaban J connectivity index is 1.36. The SMILES string of the molecule is CCn1cc(C2OCCC2CNCc2cccc3c2OCO3)cn1. The third-order valence-corrected chi connectivity index (χ3v) is 4.72. The molecule has 6 heteroatoms. The van der Waals surface area contributed by atoms with E-state index in [0.29, 0.717) is 12.7 Å². The van der Waals surface area contributed by atoms with Crippen LogP contribution in [0.4, 0.5) is 0 Å². The van der Waals surface area contributed by atoms with Gasteiger partial charge < -0.3 is 19.5 Å². The predicted octanol–water partition coefficient (Wildman–Crippen LogP) is 2.50. The Bertz CT molecular complexity index is 701. The molecule has 6 nitrogen and oxygen atoms in total. The fourth-order valence-corrected chi connectivity index (χ4v) is 3.43. The lowest BCUT2D eigenvalue weighted by Gasteiger charge is -2.18. The number of nitrogens with one attached hydrogen (secondary N) is 1. The van der Waals surface area contributed by atoms with Crippen LogP contribution in [0.2, 0.25) is 0 Å². The fourth-order valence-electron chi connectivity index (χ4n) is 3.43. The van der Waals surface area contributed by atoms with Crippen LogP contribution in [0.15, 0.2) is 30.6 Å². The molecule has 2 aromatic rings. The summed E-state index contributed by atoms with van der Waals surface area (Å²) >= 11 is 0. The second-order valence-electron chi connectivity index (χ2n) is 6.25. The van der Waals surface area contributed by atoms with E-state index in [1.54, 1.807) is 0 Å². The first-order valence-electron chi connectivity index (χ1n) is 8.57. The molecule has 1 saturated heterocycles. The summed E-state index contributed by atoms with van der Waals surface area (Å²) in [6, 6.07) is 6.03. The number of rotatable bonds is 6. The van der Waals surface area contributed by atoms with Crippen molar-refractivity contribution in [1.29, 1.82) is 0 Å². The summed E-state index contributed by atoms with van der Waals surface area (Å²) in [6.45, 7) is 5.78. The van der Waals surface area contributed by atoms with Gasteiger partial charge in [-0.2, -0.15) is 5.10 Å². The number of aryl methyl sites for hydroxylation is 1. The summed E-state index contributed by atoms with van der Waals surface area (Å²) < 4.78 is 18.9. The minimum Gasteiger partial charge on any atom is -0.454 e. The molecule has 0 saturated carbocycles. The molecule has 2 aliphatic rings. The van der Waals surface area contributed by atoms with Crippen LogP contribution >= 0.6 is 0 Å². The van der Waals surface area contributed by atoms with Gasteiger partial charge in [-0.05, 0) is 19.4 Å². The van der Waals surface area contributed by atoms with Gasteiger partial charge in [0.1, 0.15) is 0 Å². The summed E-state index contributed by atoms with van der Waals surface area (Å²) in [7, 11) is 0. The minimum atomic E-state index is 0.138. The highest BCUT2D eigenvalue weighted by Gasteiger charge is 2.30. The highest BCUT2D eigenvalue weighted by atomic mass is 16.7. The lowest BCUT2D eigenvalue weighted by molar-refractivity contribution is 0.0903. The van der Waals surface area contributed by atoms with Gasteiger partial charge in [0.2, 0.25) is 6.79 Å². The Hall–Kier alpha value is -2.05. The number of hydrogen-bond donors (Lipinski definition) is 1. The second-order valence-corrected chi connectivity index (χ2v) is 6.25. The first kappa shape index (κ1) is 15.5. The molecule has 1 N–H and O–H groups in total. The molecule has 24 heavy (non-hydrogen) atoms. The zero-order valence-electron chi connectivity index (χ0n) is 13.9. The quantitative estimate of drug-likeness (QED) is 0.882. The van der Waals surface area contributed by atoms with Crippen molar-refractivity contribution in [2.75, 3.05) is 19.9 Å². The van der Waals surface area contributed by atoms with E-state index in [0.717, 1.165) is 49.7 Å². The van der Waals surface area contributed by atoms with Gasteiger partial charge in [-0.25, -0.2) is 0 Å². The molecule has 0 radical (unpaired) electrons. The third kappa shape index (κ3) is 2.99.